The first-order valence-electron chi connectivity index (χ1n) is 7.41. The molecule has 0 fully saturated rings. The molecular formula is C17H17ClN6. The minimum atomic E-state index is 0.441. The summed E-state index contributed by atoms with van der Waals surface area (Å²) in [6, 6.07) is 11.4. The van der Waals surface area contributed by atoms with Crippen LogP contribution in [0.25, 0.3) is 0 Å². The molecule has 24 heavy (non-hydrogen) atoms. The zero-order chi connectivity index (χ0) is 16.9. The second kappa shape index (κ2) is 7.14. The summed E-state index contributed by atoms with van der Waals surface area (Å²) in [7, 11) is 0. The smallest absolute Gasteiger partial charge is 0.160 e. The van der Waals surface area contributed by atoms with E-state index in [1.807, 2.05) is 43.3 Å². The third-order valence-corrected chi connectivity index (χ3v) is 3.76. The van der Waals surface area contributed by atoms with Gasteiger partial charge in [0.1, 0.15) is 17.8 Å². The molecule has 0 saturated carbocycles. The Hall–Kier alpha value is -2.86. The Balaban J connectivity index is 1.75. The first kappa shape index (κ1) is 16.0. The standard InChI is InChI=1S/C17H17ClN6/c1-11-3-2-8-20-15(11)24-17-14(19)16(22-10-23-17)21-9-12-4-6-13(18)7-5-12/h2-8,10H,9,19H2,1H3,(H2,20,21,22,23,24). The van der Waals surface area contributed by atoms with Crippen LogP contribution in [0, 0.1) is 6.92 Å². The average Bonchev–Trinajstić information content (AvgIpc) is 2.59. The van der Waals surface area contributed by atoms with Crippen molar-refractivity contribution in [3.05, 3.63) is 65.1 Å². The Morgan fingerprint density at radius 2 is 1.75 bits per heavy atom. The van der Waals surface area contributed by atoms with E-state index in [1.54, 1.807) is 6.20 Å². The predicted octanol–water partition coefficient (Wildman–Crippen LogP) is 3.77. The van der Waals surface area contributed by atoms with E-state index in [-0.39, 0.29) is 0 Å². The topological polar surface area (TPSA) is 88.8 Å². The number of nitrogen functional groups attached to an aromatic ring is 1. The van der Waals surface area contributed by atoms with Crippen molar-refractivity contribution < 1.29 is 0 Å². The van der Waals surface area contributed by atoms with Crippen LogP contribution < -0.4 is 16.4 Å². The van der Waals surface area contributed by atoms with Crippen LogP contribution in [0.15, 0.2) is 48.9 Å². The van der Waals surface area contributed by atoms with E-state index in [4.69, 9.17) is 17.3 Å². The molecule has 0 amide bonds. The lowest BCUT2D eigenvalue weighted by molar-refractivity contribution is 1.08. The molecule has 0 aliphatic rings. The van der Waals surface area contributed by atoms with Gasteiger partial charge in [0.2, 0.25) is 0 Å². The number of anilines is 4. The molecule has 0 saturated heterocycles. The summed E-state index contributed by atoms with van der Waals surface area (Å²) in [4.78, 5) is 12.7. The number of rotatable bonds is 5. The summed E-state index contributed by atoms with van der Waals surface area (Å²) < 4.78 is 0. The highest BCUT2D eigenvalue weighted by Crippen LogP contribution is 2.26. The van der Waals surface area contributed by atoms with Crippen molar-refractivity contribution in [2.24, 2.45) is 0 Å². The maximum atomic E-state index is 6.17. The number of pyridine rings is 1. The highest BCUT2D eigenvalue weighted by atomic mass is 35.5. The number of hydrogen-bond donors (Lipinski definition) is 3. The molecule has 0 aliphatic carbocycles. The van der Waals surface area contributed by atoms with Gasteiger partial charge in [-0.3, -0.25) is 0 Å². The quantitative estimate of drug-likeness (QED) is 0.655. The van der Waals surface area contributed by atoms with E-state index in [1.165, 1.54) is 6.33 Å². The summed E-state index contributed by atoms with van der Waals surface area (Å²) in [5, 5.41) is 7.06. The third-order valence-electron chi connectivity index (χ3n) is 3.50. The van der Waals surface area contributed by atoms with Gasteiger partial charge in [0.05, 0.1) is 0 Å². The zero-order valence-corrected chi connectivity index (χ0v) is 13.9. The fourth-order valence-electron chi connectivity index (χ4n) is 2.15. The Labute approximate surface area is 145 Å². The summed E-state index contributed by atoms with van der Waals surface area (Å²) in [5.74, 6) is 1.80. The lowest BCUT2D eigenvalue weighted by Gasteiger charge is -2.13. The van der Waals surface area contributed by atoms with Crippen LogP contribution in [0.3, 0.4) is 0 Å². The molecule has 2 heterocycles. The number of nitrogens with one attached hydrogen (secondary N) is 2. The molecule has 0 atom stereocenters. The van der Waals surface area contributed by atoms with Gasteiger partial charge in [0.25, 0.3) is 0 Å². The van der Waals surface area contributed by atoms with E-state index < -0.39 is 0 Å². The molecular weight excluding hydrogens is 324 g/mol. The van der Waals surface area contributed by atoms with E-state index in [9.17, 15) is 0 Å². The van der Waals surface area contributed by atoms with Crippen molar-refractivity contribution in [3.8, 4) is 0 Å². The van der Waals surface area contributed by atoms with E-state index >= 15 is 0 Å². The number of aryl methyl sites for hydroxylation is 1. The van der Waals surface area contributed by atoms with Gasteiger partial charge in [-0.05, 0) is 36.2 Å². The fraction of sp³-hybridized carbons (Fsp3) is 0.118. The second-order valence-corrected chi connectivity index (χ2v) is 5.69. The minimum Gasteiger partial charge on any atom is -0.393 e. The SMILES string of the molecule is Cc1cccnc1Nc1ncnc(NCc2ccc(Cl)cc2)c1N. The van der Waals surface area contributed by atoms with Gasteiger partial charge in [-0.2, -0.15) is 0 Å². The molecule has 0 bridgehead atoms. The van der Waals surface area contributed by atoms with Gasteiger partial charge in [-0.1, -0.05) is 29.8 Å². The molecule has 0 aliphatic heterocycles. The highest BCUT2D eigenvalue weighted by molar-refractivity contribution is 6.30. The molecule has 4 N–H and O–H groups in total. The van der Waals surface area contributed by atoms with Crippen molar-refractivity contribution in [1.82, 2.24) is 15.0 Å². The van der Waals surface area contributed by atoms with Crippen LogP contribution in [0.5, 0.6) is 0 Å². The van der Waals surface area contributed by atoms with Gasteiger partial charge in [-0.15, -0.1) is 0 Å². The summed E-state index contributed by atoms with van der Waals surface area (Å²) in [6.07, 6.45) is 3.17. The molecule has 2 aromatic heterocycles. The Morgan fingerprint density at radius 1 is 1.00 bits per heavy atom. The Bertz CT molecular complexity index is 835. The number of aromatic nitrogens is 3. The molecule has 6 nitrogen and oxygen atoms in total. The molecule has 0 spiro atoms. The molecule has 7 heteroatoms. The average molecular weight is 341 g/mol. The van der Waals surface area contributed by atoms with E-state index in [0.717, 1.165) is 11.1 Å². The third kappa shape index (κ3) is 3.72. The number of nitrogens with zero attached hydrogens (tertiary/aromatic N) is 3. The van der Waals surface area contributed by atoms with Gasteiger partial charge in [0.15, 0.2) is 11.6 Å². The fourth-order valence-corrected chi connectivity index (χ4v) is 2.28. The Morgan fingerprint density at radius 3 is 2.50 bits per heavy atom. The zero-order valence-electron chi connectivity index (χ0n) is 13.1. The normalized spacial score (nSPS) is 10.4. The number of nitrogens with two attached hydrogens (primary N) is 1. The summed E-state index contributed by atoms with van der Waals surface area (Å²) >= 11 is 5.89. The first-order valence-corrected chi connectivity index (χ1v) is 7.78. The largest absolute Gasteiger partial charge is 0.393 e. The monoisotopic (exact) mass is 340 g/mol. The molecule has 0 unspecified atom stereocenters. The Kier molecular flexibility index (Phi) is 4.77. The number of halogens is 1. The second-order valence-electron chi connectivity index (χ2n) is 5.26. The lowest BCUT2D eigenvalue weighted by atomic mass is 10.2. The summed E-state index contributed by atoms with van der Waals surface area (Å²) in [6.45, 7) is 2.55. The molecule has 0 radical (unpaired) electrons. The van der Waals surface area contributed by atoms with Crippen LogP contribution in [-0.4, -0.2) is 15.0 Å². The van der Waals surface area contributed by atoms with E-state index in [2.05, 4.69) is 25.6 Å². The van der Waals surface area contributed by atoms with Crippen LogP contribution in [-0.2, 0) is 6.54 Å². The van der Waals surface area contributed by atoms with Crippen molar-refractivity contribution >= 4 is 34.7 Å². The van der Waals surface area contributed by atoms with Gasteiger partial charge in [-0.25, -0.2) is 15.0 Å². The molecule has 1 aromatic carbocycles. The summed E-state index contributed by atoms with van der Waals surface area (Å²) in [5.41, 5.74) is 8.69. The first-order chi connectivity index (χ1) is 11.6. The van der Waals surface area contributed by atoms with Crippen molar-refractivity contribution in [1.29, 1.82) is 0 Å². The van der Waals surface area contributed by atoms with Crippen molar-refractivity contribution in [2.45, 2.75) is 13.5 Å². The number of benzene rings is 1. The van der Waals surface area contributed by atoms with Gasteiger partial charge >= 0.3 is 0 Å². The van der Waals surface area contributed by atoms with Gasteiger partial charge < -0.3 is 16.4 Å². The van der Waals surface area contributed by atoms with Crippen molar-refractivity contribution in [3.63, 3.8) is 0 Å². The van der Waals surface area contributed by atoms with Crippen LogP contribution in [0.4, 0.5) is 23.1 Å². The minimum absolute atomic E-state index is 0.441. The molecule has 122 valence electrons. The van der Waals surface area contributed by atoms with Crippen LogP contribution in [0.2, 0.25) is 5.02 Å². The highest BCUT2D eigenvalue weighted by Gasteiger charge is 2.09. The lowest BCUT2D eigenvalue weighted by Crippen LogP contribution is -2.08. The maximum absolute atomic E-state index is 6.17. The van der Waals surface area contributed by atoms with Crippen LogP contribution >= 0.6 is 11.6 Å². The number of hydrogen-bond acceptors (Lipinski definition) is 6. The predicted molar refractivity (Wildman–Crippen MR) is 97.5 cm³/mol. The van der Waals surface area contributed by atoms with Gasteiger partial charge in [0, 0.05) is 17.8 Å². The van der Waals surface area contributed by atoms with E-state index in [0.29, 0.717) is 34.7 Å². The maximum Gasteiger partial charge on any atom is 0.160 e. The van der Waals surface area contributed by atoms with Crippen LogP contribution in [0.1, 0.15) is 11.1 Å². The molecule has 3 aromatic rings. The van der Waals surface area contributed by atoms with Crippen molar-refractivity contribution in [2.75, 3.05) is 16.4 Å². The molecule has 3 rings (SSSR count).